The number of aliphatic hydroxyl groups is 1. The van der Waals surface area contributed by atoms with Gasteiger partial charge in [0, 0.05) is 35.1 Å². The molecule has 1 atom stereocenters. The zero-order valence-corrected chi connectivity index (χ0v) is 17.6. The Hall–Kier alpha value is -2.87. The quantitative estimate of drug-likeness (QED) is 0.429. The molecule has 0 fully saturated rings. The highest BCUT2D eigenvalue weighted by Crippen LogP contribution is 2.33. The molecule has 7 nitrogen and oxygen atoms in total. The first-order chi connectivity index (χ1) is 14.5. The summed E-state index contributed by atoms with van der Waals surface area (Å²) < 4.78 is 7.77. The lowest BCUT2D eigenvalue weighted by Gasteiger charge is -2.17. The number of fused-ring (bicyclic) bond motifs is 1. The molecule has 1 aromatic carbocycles. The Morgan fingerprint density at radius 1 is 1.20 bits per heavy atom. The third-order valence-corrected chi connectivity index (χ3v) is 5.19. The van der Waals surface area contributed by atoms with E-state index in [-0.39, 0.29) is 12.7 Å². The summed E-state index contributed by atoms with van der Waals surface area (Å²) in [4.78, 5) is 3.98. The van der Waals surface area contributed by atoms with E-state index in [1.54, 1.807) is 23.3 Å². The summed E-state index contributed by atoms with van der Waals surface area (Å²) in [6.45, 7) is 2.40. The van der Waals surface area contributed by atoms with E-state index in [4.69, 9.17) is 33.0 Å². The maximum absolute atomic E-state index is 9.00. The van der Waals surface area contributed by atoms with Gasteiger partial charge in [0.2, 0.25) is 0 Å². The molecule has 154 valence electrons. The lowest BCUT2D eigenvalue weighted by atomic mass is 10.1. The number of nitrogens with zero attached hydrogens (tertiary/aromatic N) is 4. The number of nitrogens with one attached hydrogen (secondary N) is 1. The number of benzene rings is 1. The molecule has 0 bridgehead atoms. The van der Waals surface area contributed by atoms with E-state index in [1.165, 1.54) is 0 Å². The van der Waals surface area contributed by atoms with Crippen molar-refractivity contribution in [2.75, 3.05) is 6.61 Å². The Morgan fingerprint density at radius 2 is 2.00 bits per heavy atom. The molecule has 0 unspecified atom stereocenters. The molecule has 0 radical (unpaired) electrons. The first kappa shape index (κ1) is 20.4. The van der Waals surface area contributed by atoms with E-state index in [0.29, 0.717) is 27.9 Å². The van der Waals surface area contributed by atoms with Crippen LogP contribution in [0.4, 0.5) is 0 Å². The van der Waals surface area contributed by atoms with Crippen LogP contribution in [0.3, 0.4) is 0 Å². The maximum Gasteiger partial charge on any atom is 0.124 e. The van der Waals surface area contributed by atoms with Gasteiger partial charge in [-0.05, 0) is 37.3 Å². The molecule has 0 amide bonds. The molecular formula is C21H19Cl2N5O2. The number of pyridine rings is 1. The van der Waals surface area contributed by atoms with Crippen molar-refractivity contribution >= 4 is 46.3 Å². The fourth-order valence-corrected chi connectivity index (χ4v) is 3.82. The largest absolute Gasteiger partial charge is 0.486 e. The average Bonchev–Trinajstić information content (AvgIpc) is 3.33. The number of ether oxygens (including phenoxy) is 1. The van der Waals surface area contributed by atoms with Crippen LogP contribution in [0.2, 0.25) is 10.0 Å². The smallest absolute Gasteiger partial charge is 0.124 e. The topological polar surface area (TPSA) is 88.8 Å². The number of hydrogen-bond donors (Lipinski definition) is 2. The van der Waals surface area contributed by atoms with E-state index < -0.39 is 0 Å². The molecule has 9 heteroatoms. The minimum Gasteiger partial charge on any atom is -0.486 e. The van der Waals surface area contributed by atoms with Crippen LogP contribution in [-0.4, -0.2) is 36.7 Å². The highest BCUT2D eigenvalue weighted by Gasteiger charge is 2.16. The van der Waals surface area contributed by atoms with Gasteiger partial charge in [-0.15, -0.1) is 0 Å². The van der Waals surface area contributed by atoms with Crippen molar-refractivity contribution in [2.24, 2.45) is 0 Å². The van der Waals surface area contributed by atoms with E-state index >= 15 is 0 Å². The van der Waals surface area contributed by atoms with Crippen molar-refractivity contribution in [1.29, 1.82) is 0 Å². The standard InChI is InChI=1S/C21H19Cl2N5O2/c1-13(21-17(22)10-24-11-18(21)23)30-15-3-5-20-16(8-15)19(26-27-20)4-2-14-9-25-28(12-14)6-7-29/h2-5,8-13,29H,6-7H2,1H3,(H,26,27)/b4-2-/t13-/m1/s1. The van der Waals surface area contributed by atoms with Crippen LogP contribution in [0.1, 0.15) is 29.8 Å². The SMILES string of the molecule is C[C@@H](Oc1ccc2[nH]nc(/C=C\c3cnn(CCO)c3)c2c1)c1c(Cl)cncc1Cl. The van der Waals surface area contributed by atoms with Gasteiger partial charge in [-0.3, -0.25) is 14.8 Å². The first-order valence-electron chi connectivity index (χ1n) is 9.30. The summed E-state index contributed by atoms with van der Waals surface area (Å²) in [5, 5.41) is 22.4. The van der Waals surface area contributed by atoms with Crippen molar-refractivity contribution in [1.82, 2.24) is 25.0 Å². The third-order valence-electron chi connectivity index (χ3n) is 4.59. The van der Waals surface area contributed by atoms with E-state index in [9.17, 15) is 0 Å². The fourth-order valence-electron chi connectivity index (χ4n) is 3.15. The normalized spacial score (nSPS) is 12.7. The maximum atomic E-state index is 9.00. The van der Waals surface area contributed by atoms with Gasteiger partial charge in [0.15, 0.2) is 0 Å². The predicted octanol–water partition coefficient (Wildman–Crippen LogP) is 4.76. The first-order valence-corrected chi connectivity index (χ1v) is 10.1. The van der Waals surface area contributed by atoms with Crippen LogP contribution in [0.15, 0.2) is 43.0 Å². The van der Waals surface area contributed by atoms with Crippen molar-refractivity contribution in [3.05, 3.63) is 69.9 Å². The van der Waals surface area contributed by atoms with Crippen molar-refractivity contribution in [3.8, 4) is 5.75 Å². The summed E-state index contributed by atoms with van der Waals surface area (Å²) in [5.74, 6) is 0.672. The van der Waals surface area contributed by atoms with Crippen LogP contribution in [0.25, 0.3) is 23.1 Å². The second kappa shape index (κ2) is 8.87. The lowest BCUT2D eigenvalue weighted by Crippen LogP contribution is -2.05. The summed E-state index contributed by atoms with van der Waals surface area (Å²) in [5.41, 5.74) is 3.28. The number of hydrogen-bond acceptors (Lipinski definition) is 5. The Morgan fingerprint density at radius 3 is 2.77 bits per heavy atom. The van der Waals surface area contributed by atoms with Gasteiger partial charge in [0.05, 0.1) is 40.6 Å². The molecule has 3 heterocycles. The third kappa shape index (κ3) is 4.33. The number of halogens is 2. The molecule has 2 N–H and O–H groups in total. The molecular weight excluding hydrogens is 425 g/mol. The van der Waals surface area contributed by atoms with Crippen molar-refractivity contribution in [3.63, 3.8) is 0 Å². The predicted molar refractivity (Wildman–Crippen MR) is 118 cm³/mol. The van der Waals surface area contributed by atoms with Gasteiger partial charge < -0.3 is 9.84 Å². The Labute approximate surface area is 182 Å². The highest BCUT2D eigenvalue weighted by atomic mass is 35.5. The molecule has 0 saturated carbocycles. The lowest BCUT2D eigenvalue weighted by molar-refractivity contribution is 0.227. The second-order valence-corrected chi connectivity index (χ2v) is 7.50. The Kier molecular flexibility index (Phi) is 6.03. The van der Waals surface area contributed by atoms with Gasteiger partial charge in [-0.25, -0.2) is 0 Å². The molecule has 0 saturated heterocycles. The number of H-pyrrole nitrogens is 1. The van der Waals surface area contributed by atoms with Crippen molar-refractivity contribution in [2.45, 2.75) is 19.6 Å². The zero-order chi connectivity index (χ0) is 21.1. The summed E-state index contributed by atoms with van der Waals surface area (Å²) >= 11 is 12.5. The zero-order valence-electron chi connectivity index (χ0n) is 16.1. The molecule has 4 rings (SSSR count). The summed E-state index contributed by atoms with van der Waals surface area (Å²) in [6.07, 6.45) is 10.2. The highest BCUT2D eigenvalue weighted by molar-refractivity contribution is 6.35. The van der Waals surface area contributed by atoms with Gasteiger partial charge in [-0.2, -0.15) is 10.2 Å². The molecule has 0 aliphatic heterocycles. The number of aromatic nitrogens is 5. The van der Waals surface area contributed by atoms with E-state index in [0.717, 1.165) is 22.2 Å². The Bertz CT molecular complexity index is 1180. The summed E-state index contributed by atoms with van der Waals surface area (Å²) in [6, 6.07) is 5.70. The monoisotopic (exact) mass is 443 g/mol. The van der Waals surface area contributed by atoms with Crippen LogP contribution in [-0.2, 0) is 6.54 Å². The van der Waals surface area contributed by atoms with Gasteiger partial charge in [-0.1, -0.05) is 23.2 Å². The van der Waals surface area contributed by atoms with Crippen molar-refractivity contribution < 1.29 is 9.84 Å². The van der Waals surface area contributed by atoms with Gasteiger partial charge >= 0.3 is 0 Å². The minimum absolute atomic E-state index is 0.0476. The molecule has 4 aromatic rings. The number of rotatable bonds is 7. The van der Waals surface area contributed by atoms with Gasteiger partial charge in [0.1, 0.15) is 11.9 Å². The second-order valence-electron chi connectivity index (χ2n) is 6.69. The molecule has 3 aromatic heterocycles. The molecule has 0 spiro atoms. The minimum atomic E-state index is -0.353. The van der Waals surface area contributed by atoms with Crippen LogP contribution in [0.5, 0.6) is 5.75 Å². The molecule has 30 heavy (non-hydrogen) atoms. The van der Waals surface area contributed by atoms with Crippen LogP contribution in [0, 0.1) is 0 Å². The molecule has 0 aliphatic carbocycles. The van der Waals surface area contributed by atoms with E-state index in [1.807, 2.05) is 43.5 Å². The fraction of sp³-hybridized carbons (Fsp3) is 0.190. The Balaban J connectivity index is 1.57. The van der Waals surface area contributed by atoms with Crippen LogP contribution < -0.4 is 4.74 Å². The average molecular weight is 444 g/mol. The van der Waals surface area contributed by atoms with E-state index in [2.05, 4.69) is 20.3 Å². The number of aromatic amines is 1. The number of aliphatic hydroxyl groups excluding tert-OH is 1. The molecule has 0 aliphatic rings. The van der Waals surface area contributed by atoms with Crippen LogP contribution >= 0.6 is 23.2 Å². The van der Waals surface area contributed by atoms with Gasteiger partial charge in [0.25, 0.3) is 0 Å². The summed E-state index contributed by atoms with van der Waals surface area (Å²) in [7, 11) is 0.